The van der Waals surface area contributed by atoms with Crippen LogP contribution in [0.1, 0.15) is 50.8 Å². The zero-order valence-electron chi connectivity index (χ0n) is 18.0. The van der Waals surface area contributed by atoms with Gasteiger partial charge in [-0.05, 0) is 47.7 Å². The topological polar surface area (TPSA) is 49.2 Å². The Morgan fingerprint density at radius 1 is 1.03 bits per heavy atom. The standard InChI is InChI=1S/C23H29N3O2S/c1-16(28-19-12-10-18(11-13-19)23(2,3)4)21-24-25-22(26(21)5)29-15-17-8-7-9-20(14-17)27-6/h7-14,16H,15H2,1-6H3. The van der Waals surface area contributed by atoms with Crippen molar-refractivity contribution in [2.75, 3.05) is 7.11 Å². The number of thioether (sulfide) groups is 1. The SMILES string of the molecule is COc1cccc(CSc2nnc(C(C)Oc3ccc(C(C)(C)C)cc3)n2C)c1. The third kappa shape index (κ3) is 5.32. The Labute approximate surface area is 177 Å². The maximum absolute atomic E-state index is 6.11. The maximum Gasteiger partial charge on any atom is 0.191 e. The molecule has 0 aliphatic rings. The van der Waals surface area contributed by atoms with Crippen LogP contribution in [0, 0.1) is 0 Å². The minimum absolute atomic E-state index is 0.128. The first kappa shape index (κ1) is 21.2. The Morgan fingerprint density at radius 2 is 1.76 bits per heavy atom. The summed E-state index contributed by atoms with van der Waals surface area (Å²) in [6, 6.07) is 16.3. The number of hydrogen-bond acceptors (Lipinski definition) is 5. The Morgan fingerprint density at radius 3 is 2.41 bits per heavy atom. The van der Waals surface area contributed by atoms with E-state index in [1.165, 1.54) is 11.1 Å². The van der Waals surface area contributed by atoms with Gasteiger partial charge >= 0.3 is 0 Å². The van der Waals surface area contributed by atoms with Crippen LogP contribution < -0.4 is 9.47 Å². The van der Waals surface area contributed by atoms with Crippen molar-refractivity contribution in [3.63, 3.8) is 0 Å². The summed E-state index contributed by atoms with van der Waals surface area (Å²) in [6.45, 7) is 8.61. The zero-order chi connectivity index (χ0) is 21.0. The van der Waals surface area contributed by atoms with Crippen molar-refractivity contribution in [1.29, 1.82) is 0 Å². The first-order valence-corrected chi connectivity index (χ1v) is 10.7. The van der Waals surface area contributed by atoms with Crippen LogP contribution in [0.25, 0.3) is 0 Å². The third-order valence-corrected chi connectivity index (χ3v) is 5.86. The fraction of sp³-hybridized carbons (Fsp3) is 0.391. The van der Waals surface area contributed by atoms with Crippen molar-refractivity contribution in [3.8, 4) is 11.5 Å². The van der Waals surface area contributed by atoms with E-state index in [9.17, 15) is 0 Å². The smallest absolute Gasteiger partial charge is 0.191 e. The molecule has 0 saturated heterocycles. The average Bonchev–Trinajstić information content (AvgIpc) is 3.07. The van der Waals surface area contributed by atoms with E-state index in [1.807, 2.05) is 48.9 Å². The minimum atomic E-state index is -0.195. The summed E-state index contributed by atoms with van der Waals surface area (Å²) < 4.78 is 13.4. The number of methoxy groups -OCH3 is 1. The van der Waals surface area contributed by atoms with Crippen molar-refractivity contribution < 1.29 is 9.47 Å². The highest BCUT2D eigenvalue weighted by atomic mass is 32.2. The lowest BCUT2D eigenvalue weighted by Gasteiger charge is -2.20. The van der Waals surface area contributed by atoms with Crippen LogP contribution in [-0.2, 0) is 18.2 Å². The van der Waals surface area contributed by atoms with E-state index in [0.29, 0.717) is 0 Å². The molecule has 0 aliphatic heterocycles. The van der Waals surface area contributed by atoms with Crippen LogP contribution in [0.5, 0.6) is 11.5 Å². The summed E-state index contributed by atoms with van der Waals surface area (Å²) in [7, 11) is 3.66. The van der Waals surface area contributed by atoms with Gasteiger partial charge in [-0.2, -0.15) is 0 Å². The maximum atomic E-state index is 6.11. The molecule has 0 spiro atoms. The molecule has 0 N–H and O–H groups in total. The summed E-state index contributed by atoms with van der Waals surface area (Å²) in [5, 5.41) is 9.57. The molecule has 0 aliphatic carbocycles. The molecule has 0 amide bonds. The molecule has 5 nitrogen and oxygen atoms in total. The molecular weight excluding hydrogens is 382 g/mol. The molecule has 29 heavy (non-hydrogen) atoms. The minimum Gasteiger partial charge on any atom is -0.497 e. The highest BCUT2D eigenvalue weighted by molar-refractivity contribution is 7.98. The zero-order valence-corrected chi connectivity index (χ0v) is 18.8. The number of rotatable bonds is 7. The second-order valence-corrected chi connectivity index (χ2v) is 9.02. The van der Waals surface area contributed by atoms with Gasteiger partial charge in [0.25, 0.3) is 0 Å². The number of nitrogens with zero attached hydrogens (tertiary/aromatic N) is 3. The Kier molecular flexibility index (Phi) is 6.52. The second kappa shape index (κ2) is 8.91. The fourth-order valence-electron chi connectivity index (χ4n) is 3.01. The van der Waals surface area contributed by atoms with Crippen LogP contribution in [0.15, 0.2) is 53.7 Å². The van der Waals surface area contributed by atoms with Crippen molar-refractivity contribution in [2.45, 2.75) is 50.1 Å². The van der Waals surface area contributed by atoms with Crippen molar-refractivity contribution in [3.05, 3.63) is 65.5 Å². The number of hydrogen-bond donors (Lipinski definition) is 0. The van der Waals surface area contributed by atoms with Gasteiger partial charge in [0.05, 0.1) is 7.11 Å². The van der Waals surface area contributed by atoms with Crippen LogP contribution in [0.3, 0.4) is 0 Å². The van der Waals surface area contributed by atoms with E-state index in [0.717, 1.165) is 28.2 Å². The van der Waals surface area contributed by atoms with Gasteiger partial charge < -0.3 is 14.0 Å². The van der Waals surface area contributed by atoms with E-state index in [-0.39, 0.29) is 11.5 Å². The molecule has 6 heteroatoms. The number of benzene rings is 2. The largest absolute Gasteiger partial charge is 0.497 e. The van der Waals surface area contributed by atoms with Gasteiger partial charge in [0.1, 0.15) is 11.5 Å². The van der Waals surface area contributed by atoms with Crippen LogP contribution in [0.2, 0.25) is 0 Å². The van der Waals surface area contributed by atoms with E-state index < -0.39 is 0 Å². The predicted octanol–water partition coefficient (Wildman–Crippen LogP) is 5.55. The van der Waals surface area contributed by atoms with E-state index in [1.54, 1.807) is 18.9 Å². The quantitative estimate of drug-likeness (QED) is 0.477. The lowest BCUT2D eigenvalue weighted by atomic mass is 9.87. The highest BCUT2D eigenvalue weighted by Crippen LogP contribution is 2.28. The van der Waals surface area contributed by atoms with Gasteiger partial charge in [0.2, 0.25) is 0 Å². The van der Waals surface area contributed by atoms with Gasteiger partial charge in [-0.3, -0.25) is 0 Å². The molecule has 0 radical (unpaired) electrons. The summed E-state index contributed by atoms with van der Waals surface area (Å²) >= 11 is 1.65. The summed E-state index contributed by atoms with van der Waals surface area (Å²) in [4.78, 5) is 0. The lowest BCUT2D eigenvalue weighted by molar-refractivity contribution is 0.211. The van der Waals surface area contributed by atoms with Crippen LogP contribution >= 0.6 is 11.8 Å². The molecule has 1 unspecified atom stereocenters. The van der Waals surface area contributed by atoms with E-state index in [2.05, 4.69) is 49.2 Å². The normalized spacial score (nSPS) is 12.6. The van der Waals surface area contributed by atoms with Crippen LogP contribution in [-0.4, -0.2) is 21.9 Å². The molecule has 1 heterocycles. The van der Waals surface area contributed by atoms with Gasteiger partial charge in [-0.1, -0.05) is 56.8 Å². The molecular formula is C23H29N3O2S. The van der Waals surface area contributed by atoms with Crippen LogP contribution in [0.4, 0.5) is 0 Å². The number of ether oxygens (including phenoxy) is 2. The van der Waals surface area contributed by atoms with Gasteiger partial charge in [0.15, 0.2) is 17.1 Å². The molecule has 2 aromatic carbocycles. The van der Waals surface area contributed by atoms with Crippen molar-refractivity contribution in [1.82, 2.24) is 14.8 Å². The molecule has 154 valence electrons. The molecule has 0 saturated carbocycles. The van der Waals surface area contributed by atoms with Gasteiger partial charge in [-0.25, -0.2) is 0 Å². The van der Waals surface area contributed by atoms with E-state index >= 15 is 0 Å². The van der Waals surface area contributed by atoms with Gasteiger partial charge in [-0.15, -0.1) is 10.2 Å². The van der Waals surface area contributed by atoms with Gasteiger partial charge in [0, 0.05) is 12.8 Å². The fourth-order valence-corrected chi connectivity index (χ4v) is 3.87. The molecule has 0 fully saturated rings. The molecule has 1 atom stereocenters. The van der Waals surface area contributed by atoms with Crippen molar-refractivity contribution in [2.24, 2.45) is 7.05 Å². The predicted molar refractivity (Wildman–Crippen MR) is 118 cm³/mol. The number of aromatic nitrogens is 3. The first-order valence-electron chi connectivity index (χ1n) is 9.70. The first-order chi connectivity index (χ1) is 13.8. The average molecular weight is 412 g/mol. The summed E-state index contributed by atoms with van der Waals surface area (Å²) in [5.74, 6) is 3.30. The highest BCUT2D eigenvalue weighted by Gasteiger charge is 2.18. The Hall–Kier alpha value is -2.47. The lowest BCUT2D eigenvalue weighted by Crippen LogP contribution is -2.12. The Bertz CT molecular complexity index is 946. The summed E-state index contributed by atoms with van der Waals surface area (Å²) in [5.41, 5.74) is 2.59. The van der Waals surface area contributed by atoms with E-state index in [4.69, 9.17) is 9.47 Å². The molecule has 3 aromatic rings. The Balaban J connectivity index is 1.64. The summed E-state index contributed by atoms with van der Waals surface area (Å²) in [6.07, 6.45) is -0.195. The molecule has 1 aromatic heterocycles. The second-order valence-electron chi connectivity index (χ2n) is 8.07. The third-order valence-electron chi connectivity index (χ3n) is 4.77. The van der Waals surface area contributed by atoms with Crippen molar-refractivity contribution >= 4 is 11.8 Å². The monoisotopic (exact) mass is 411 g/mol. The molecule has 3 rings (SSSR count). The molecule has 0 bridgehead atoms.